The van der Waals surface area contributed by atoms with Gasteiger partial charge in [-0.15, -0.1) is 0 Å². The van der Waals surface area contributed by atoms with E-state index >= 15 is 0 Å². The van der Waals surface area contributed by atoms with E-state index in [4.69, 9.17) is 10.2 Å². The molecule has 0 spiro atoms. The Bertz CT molecular complexity index is 64.5. The predicted octanol–water partition coefficient (Wildman–Crippen LogP) is -0.252. The van der Waals surface area contributed by atoms with Crippen LogP contribution in [0.1, 0.15) is 13.3 Å². The van der Waals surface area contributed by atoms with Gasteiger partial charge in [-0.1, -0.05) is 6.92 Å². The lowest BCUT2D eigenvalue weighted by atomic mass is 9.81. The molecule has 0 aliphatic heterocycles. The van der Waals surface area contributed by atoms with Gasteiger partial charge in [-0.3, -0.25) is 0 Å². The minimum absolute atomic E-state index is 0.315. The lowest BCUT2D eigenvalue weighted by Gasteiger charge is -2.34. The molecule has 0 radical (unpaired) electrons. The summed E-state index contributed by atoms with van der Waals surface area (Å²) in [5, 5.41) is 17.4. The molecule has 1 aliphatic carbocycles. The molecule has 0 saturated heterocycles. The standard InChI is InChI=1S/C5H10O2/c1-3-2-4(6)5(3)7/h3-7H,2H2,1H3. The lowest BCUT2D eigenvalue weighted by molar-refractivity contribution is -0.0945. The van der Waals surface area contributed by atoms with Crippen LogP contribution in [0.5, 0.6) is 0 Å². The van der Waals surface area contributed by atoms with Crippen molar-refractivity contribution in [2.45, 2.75) is 25.6 Å². The molecule has 1 rings (SSSR count). The van der Waals surface area contributed by atoms with Crippen molar-refractivity contribution in [1.82, 2.24) is 0 Å². The summed E-state index contributed by atoms with van der Waals surface area (Å²) in [7, 11) is 0. The summed E-state index contributed by atoms with van der Waals surface area (Å²) in [4.78, 5) is 0. The maximum atomic E-state index is 8.73. The van der Waals surface area contributed by atoms with Gasteiger partial charge in [-0.25, -0.2) is 0 Å². The first-order valence-corrected chi connectivity index (χ1v) is 2.58. The molecular formula is C5H10O2. The van der Waals surface area contributed by atoms with Crippen molar-refractivity contribution in [2.24, 2.45) is 5.92 Å². The first-order valence-electron chi connectivity index (χ1n) is 2.58. The fraction of sp³-hybridized carbons (Fsp3) is 1.00. The fourth-order valence-electron chi connectivity index (χ4n) is 0.843. The van der Waals surface area contributed by atoms with Gasteiger partial charge in [-0.05, 0) is 12.3 Å². The van der Waals surface area contributed by atoms with Crippen LogP contribution in [-0.4, -0.2) is 22.4 Å². The average Bonchev–Trinajstić information content (AvgIpc) is 1.68. The van der Waals surface area contributed by atoms with Gasteiger partial charge < -0.3 is 10.2 Å². The van der Waals surface area contributed by atoms with Crippen molar-refractivity contribution in [3.63, 3.8) is 0 Å². The third-order valence-electron chi connectivity index (χ3n) is 1.59. The van der Waals surface area contributed by atoms with E-state index in [0.717, 1.165) is 6.42 Å². The molecule has 0 heterocycles. The Labute approximate surface area is 42.8 Å². The Morgan fingerprint density at radius 1 is 1.43 bits per heavy atom. The summed E-state index contributed by atoms with van der Waals surface area (Å²) in [5.41, 5.74) is 0. The summed E-state index contributed by atoms with van der Waals surface area (Å²) >= 11 is 0. The molecule has 1 aliphatic rings. The van der Waals surface area contributed by atoms with Crippen LogP contribution in [0.25, 0.3) is 0 Å². The van der Waals surface area contributed by atoms with Crippen LogP contribution in [-0.2, 0) is 0 Å². The van der Waals surface area contributed by atoms with E-state index in [1.54, 1.807) is 0 Å². The molecule has 1 saturated carbocycles. The molecular weight excluding hydrogens is 92.1 g/mol. The molecule has 0 aromatic carbocycles. The Morgan fingerprint density at radius 2 is 2.00 bits per heavy atom. The van der Waals surface area contributed by atoms with Crippen molar-refractivity contribution in [3.05, 3.63) is 0 Å². The van der Waals surface area contributed by atoms with Crippen LogP contribution in [0, 0.1) is 5.92 Å². The smallest absolute Gasteiger partial charge is 0.0825 e. The van der Waals surface area contributed by atoms with E-state index < -0.39 is 12.2 Å². The molecule has 1 fully saturated rings. The predicted molar refractivity (Wildman–Crippen MR) is 25.8 cm³/mol. The topological polar surface area (TPSA) is 40.5 Å². The van der Waals surface area contributed by atoms with Crippen LogP contribution in [0.2, 0.25) is 0 Å². The zero-order valence-corrected chi connectivity index (χ0v) is 4.33. The van der Waals surface area contributed by atoms with Crippen molar-refractivity contribution in [2.75, 3.05) is 0 Å². The van der Waals surface area contributed by atoms with E-state index in [1.165, 1.54) is 0 Å². The molecule has 0 aromatic rings. The molecule has 0 aromatic heterocycles. The van der Waals surface area contributed by atoms with Crippen LogP contribution in [0.4, 0.5) is 0 Å². The Hall–Kier alpha value is -0.0800. The minimum atomic E-state index is -0.444. The lowest BCUT2D eigenvalue weighted by Crippen LogP contribution is -2.44. The van der Waals surface area contributed by atoms with Crippen LogP contribution in [0.15, 0.2) is 0 Å². The summed E-state index contributed by atoms with van der Waals surface area (Å²) in [6.45, 7) is 1.93. The van der Waals surface area contributed by atoms with E-state index in [-0.39, 0.29) is 0 Å². The molecule has 2 nitrogen and oxygen atoms in total. The van der Waals surface area contributed by atoms with Gasteiger partial charge in [0.05, 0.1) is 12.2 Å². The first-order chi connectivity index (χ1) is 3.22. The van der Waals surface area contributed by atoms with Gasteiger partial charge in [-0.2, -0.15) is 0 Å². The fourth-order valence-corrected chi connectivity index (χ4v) is 0.843. The molecule has 3 atom stereocenters. The van der Waals surface area contributed by atoms with Gasteiger partial charge in [0, 0.05) is 0 Å². The van der Waals surface area contributed by atoms with Crippen LogP contribution < -0.4 is 0 Å². The molecule has 42 valence electrons. The molecule has 3 unspecified atom stereocenters. The summed E-state index contributed by atoms with van der Waals surface area (Å²) in [5.74, 6) is 0.315. The van der Waals surface area contributed by atoms with Gasteiger partial charge in [0.2, 0.25) is 0 Å². The zero-order chi connectivity index (χ0) is 5.44. The van der Waals surface area contributed by atoms with Gasteiger partial charge in [0.25, 0.3) is 0 Å². The highest BCUT2D eigenvalue weighted by molar-refractivity contribution is 4.85. The highest BCUT2D eigenvalue weighted by Gasteiger charge is 2.34. The Morgan fingerprint density at radius 3 is 2.00 bits per heavy atom. The summed E-state index contributed by atoms with van der Waals surface area (Å²) in [6, 6.07) is 0. The van der Waals surface area contributed by atoms with E-state index in [2.05, 4.69) is 0 Å². The van der Waals surface area contributed by atoms with E-state index in [0.29, 0.717) is 5.92 Å². The van der Waals surface area contributed by atoms with E-state index in [1.807, 2.05) is 6.92 Å². The average molecular weight is 102 g/mol. The molecule has 7 heavy (non-hydrogen) atoms. The SMILES string of the molecule is CC1CC(O)C1O. The highest BCUT2D eigenvalue weighted by atomic mass is 16.3. The zero-order valence-electron chi connectivity index (χ0n) is 4.33. The largest absolute Gasteiger partial charge is 0.390 e. The normalized spacial score (nSPS) is 51.0. The van der Waals surface area contributed by atoms with Crippen molar-refractivity contribution >= 4 is 0 Å². The number of hydrogen-bond acceptors (Lipinski definition) is 2. The second-order valence-electron chi connectivity index (χ2n) is 2.27. The van der Waals surface area contributed by atoms with Gasteiger partial charge in [0.15, 0.2) is 0 Å². The second-order valence-corrected chi connectivity index (χ2v) is 2.27. The maximum Gasteiger partial charge on any atom is 0.0825 e. The van der Waals surface area contributed by atoms with Crippen LogP contribution >= 0.6 is 0 Å². The third-order valence-corrected chi connectivity index (χ3v) is 1.59. The number of aliphatic hydroxyl groups excluding tert-OH is 2. The molecule has 0 amide bonds. The maximum absolute atomic E-state index is 8.73. The van der Waals surface area contributed by atoms with Crippen LogP contribution in [0.3, 0.4) is 0 Å². The molecule has 0 bridgehead atoms. The van der Waals surface area contributed by atoms with Crippen molar-refractivity contribution in [1.29, 1.82) is 0 Å². The summed E-state index contributed by atoms with van der Waals surface area (Å²) in [6.07, 6.45) is -0.115. The third kappa shape index (κ3) is 0.640. The molecule has 2 N–H and O–H groups in total. The quantitative estimate of drug-likeness (QED) is 0.442. The highest BCUT2D eigenvalue weighted by Crippen LogP contribution is 2.26. The minimum Gasteiger partial charge on any atom is -0.390 e. The number of aliphatic hydroxyl groups is 2. The van der Waals surface area contributed by atoms with Crippen molar-refractivity contribution in [3.8, 4) is 0 Å². The number of hydrogen-bond donors (Lipinski definition) is 2. The van der Waals surface area contributed by atoms with Gasteiger partial charge in [0.1, 0.15) is 0 Å². The van der Waals surface area contributed by atoms with Gasteiger partial charge >= 0.3 is 0 Å². The summed E-state index contributed by atoms with van der Waals surface area (Å²) < 4.78 is 0. The van der Waals surface area contributed by atoms with Crippen molar-refractivity contribution < 1.29 is 10.2 Å². The molecule has 2 heteroatoms. The monoisotopic (exact) mass is 102 g/mol. The first kappa shape index (κ1) is 5.06. The Balaban J connectivity index is 2.29. The van der Waals surface area contributed by atoms with E-state index in [9.17, 15) is 0 Å². The number of rotatable bonds is 0. The second kappa shape index (κ2) is 1.46. The Kier molecular flexibility index (Phi) is 1.05.